The summed E-state index contributed by atoms with van der Waals surface area (Å²) < 4.78 is 0.943. The van der Waals surface area contributed by atoms with Gasteiger partial charge < -0.3 is 0 Å². The first kappa shape index (κ1) is 8.76. The Hall–Kier alpha value is -0.330. The molecule has 1 aromatic rings. The van der Waals surface area contributed by atoms with Crippen molar-refractivity contribution in [2.75, 3.05) is 0 Å². The lowest BCUT2D eigenvalue weighted by Gasteiger charge is -1.98. The van der Waals surface area contributed by atoms with E-state index in [0.29, 0.717) is 0 Å². The van der Waals surface area contributed by atoms with Crippen LogP contribution in [0.15, 0.2) is 22.7 Å². The van der Waals surface area contributed by atoms with Crippen LogP contribution in [0.4, 0.5) is 0 Å². The van der Waals surface area contributed by atoms with E-state index in [1.165, 1.54) is 0 Å². The van der Waals surface area contributed by atoms with E-state index in [4.69, 9.17) is 5.26 Å². The molecule has 1 aromatic carbocycles. The number of nitrogens with zero attached hydrogens (tertiary/aromatic N) is 1. The molecule has 0 aliphatic heterocycles. The summed E-state index contributed by atoms with van der Waals surface area (Å²) in [5.41, 5.74) is 1.74. The maximum absolute atomic E-state index is 8.68. The zero-order valence-electron chi connectivity index (χ0n) is 5.64. The summed E-state index contributed by atoms with van der Waals surface area (Å²) in [6.45, 7) is 0. The van der Waals surface area contributed by atoms with E-state index in [1.807, 2.05) is 18.2 Å². The van der Waals surface area contributed by atoms with Gasteiger partial charge in [0.25, 0.3) is 0 Å². The number of nitriles is 1. The standard InChI is InChI=1S/C8H5Br2N/c9-4-6-1-2-8(10)3-7(6)5-11/h1-3H,4H2. The second kappa shape index (κ2) is 3.89. The molecular weight excluding hydrogens is 270 g/mol. The van der Waals surface area contributed by atoms with E-state index in [-0.39, 0.29) is 0 Å². The van der Waals surface area contributed by atoms with Gasteiger partial charge in [-0.05, 0) is 17.7 Å². The summed E-state index contributed by atoms with van der Waals surface area (Å²) in [5.74, 6) is 0. The summed E-state index contributed by atoms with van der Waals surface area (Å²) in [5, 5.41) is 9.41. The van der Waals surface area contributed by atoms with E-state index in [2.05, 4.69) is 37.9 Å². The van der Waals surface area contributed by atoms with Crippen molar-refractivity contribution in [3.8, 4) is 6.07 Å². The normalized spacial score (nSPS) is 9.18. The third kappa shape index (κ3) is 2.05. The fourth-order valence-electron chi connectivity index (χ4n) is 0.769. The Morgan fingerprint density at radius 1 is 1.45 bits per heavy atom. The fourth-order valence-corrected chi connectivity index (χ4v) is 1.62. The monoisotopic (exact) mass is 273 g/mol. The van der Waals surface area contributed by atoms with Gasteiger partial charge in [-0.1, -0.05) is 37.9 Å². The second-order valence-electron chi connectivity index (χ2n) is 2.05. The molecule has 56 valence electrons. The van der Waals surface area contributed by atoms with Gasteiger partial charge in [0.1, 0.15) is 0 Å². The third-order valence-electron chi connectivity index (χ3n) is 1.34. The SMILES string of the molecule is N#Cc1cc(Br)ccc1CBr. The Balaban J connectivity index is 3.19. The van der Waals surface area contributed by atoms with Gasteiger partial charge in [0.2, 0.25) is 0 Å². The molecule has 0 spiro atoms. The number of hydrogen-bond acceptors (Lipinski definition) is 1. The van der Waals surface area contributed by atoms with E-state index in [1.54, 1.807) is 0 Å². The largest absolute Gasteiger partial charge is 0.192 e. The number of rotatable bonds is 1. The van der Waals surface area contributed by atoms with Crippen LogP contribution in [0.25, 0.3) is 0 Å². The number of alkyl halides is 1. The minimum atomic E-state index is 0.719. The van der Waals surface area contributed by atoms with Crippen LogP contribution in [-0.4, -0.2) is 0 Å². The highest BCUT2D eigenvalue weighted by Gasteiger charge is 1.99. The highest BCUT2D eigenvalue weighted by Crippen LogP contribution is 2.17. The highest BCUT2D eigenvalue weighted by atomic mass is 79.9. The average Bonchev–Trinajstić information content (AvgIpc) is 2.04. The smallest absolute Gasteiger partial charge is 0.0995 e. The Kier molecular flexibility index (Phi) is 3.10. The van der Waals surface area contributed by atoms with E-state index >= 15 is 0 Å². The quantitative estimate of drug-likeness (QED) is 0.722. The Bertz CT molecular complexity index is 301. The molecule has 0 unspecified atom stereocenters. The van der Waals surface area contributed by atoms with Crippen LogP contribution in [-0.2, 0) is 5.33 Å². The molecule has 0 aliphatic rings. The van der Waals surface area contributed by atoms with Gasteiger partial charge in [-0.3, -0.25) is 0 Å². The maximum atomic E-state index is 8.68. The van der Waals surface area contributed by atoms with E-state index < -0.39 is 0 Å². The van der Waals surface area contributed by atoms with Crippen LogP contribution in [0.2, 0.25) is 0 Å². The Morgan fingerprint density at radius 3 is 2.73 bits per heavy atom. The van der Waals surface area contributed by atoms with Crippen molar-refractivity contribution < 1.29 is 0 Å². The van der Waals surface area contributed by atoms with Gasteiger partial charge in [0.15, 0.2) is 0 Å². The van der Waals surface area contributed by atoms with Gasteiger partial charge >= 0.3 is 0 Å². The molecule has 0 aromatic heterocycles. The molecule has 0 fully saturated rings. The predicted molar refractivity (Wildman–Crippen MR) is 51.5 cm³/mol. The minimum Gasteiger partial charge on any atom is -0.192 e. The number of hydrogen-bond donors (Lipinski definition) is 0. The van der Waals surface area contributed by atoms with Crippen molar-refractivity contribution in [3.05, 3.63) is 33.8 Å². The van der Waals surface area contributed by atoms with Crippen molar-refractivity contribution in [2.24, 2.45) is 0 Å². The second-order valence-corrected chi connectivity index (χ2v) is 3.52. The molecule has 0 heterocycles. The van der Waals surface area contributed by atoms with E-state index in [9.17, 15) is 0 Å². The van der Waals surface area contributed by atoms with Crippen LogP contribution < -0.4 is 0 Å². The molecule has 0 aliphatic carbocycles. The van der Waals surface area contributed by atoms with Crippen LogP contribution in [0.5, 0.6) is 0 Å². The summed E-state index contributed by atoms with van der Waals surface area (Å²) in [4.78, 5) is 0. The van der Waals surface area contributed by atoms with Gasteiger partial charge in [-0.25, -0.2) is 0 Å². The molecule has 1 nitrogen and oxygen atoms in total. The molecule has 0 atom stereocenters. The third-order valence-corrected chi connectivity index (χ3v) is 2.43. The van der Waals surface area contributed by atoms with Crippen molar-refractivity contribution >= 4 is 31.9 Å². The molecule has 3 heteroatoms. The first-order chi connectivity index (χ1) is 5.27. The van der Waals surface area contributed by atoms with E-state index in [0.717, 1.165) is 20.9 Å². The fraction of sp³-hybridized carbons (Fsp3) is 0.125. The van der Waals surface area contributed by atoms with Gasteiger partial charge in [0, 0.05) is 9.80 Å². The lowest BCUT2D eigenvalue weighted by atomic mass is 10.1. The van der Waals surface area contributed by atoms with Crippen molar-refractivity contribution in [2.45, 2.75) is 5.33 Å². The molecule has 0 saturated heterocycles. The lowest BCUT2D eigenvalue weighted by Crippen LogP contribution is -1.84. The molecule has 1 rings (SSSR count). The lowest BCUT2D eigenvalue weighted by molar-refractivity contribution is 1.36. The van der Waals surface area contributed by atoms with Crippen molar-refractivity contribution in [1.82, 2.24) is 0 Å². The Morgan fingerprint density at radius 2 is 2.18 bits per heavy atom. The molecule has 0 saturated carbocycles. The molecule has 0 amide bonds. The topological polar surface area (TPSA) is 23.8 Å². The van der Waals surface area contributed by atoms with Crippen LogP contribution >= 0.6 is 31.9 Å². The maximum Gasteiger partial charge on any atom is 0.0995 e. The summed E-state index contributed by atoms with van der Waals surface area (Å²) in [7, 11) is 0. The number of benzene rings is 1. The first-order valence-electron chi connectivity index (χ1n) is 3.02. The van der Waals surface area contributed by atoms with Gasteiger partial charge in [-0.15, -0.1) is 0 Å². The minimum absolute atomic E-state index is 0.719. The molecule has 0 bridgehead atoms. The van der Waals surface area contributed by atoms with Gasteiger partial charge in [0.05, 0.1) is 11.6 Å². The van der Waals surface area contributed by atoms with Gasteiger partial charge in [-0.2, -0.15) is 5.26 Å². The summed E-state index contributed by atoms with van der Waals surface area (Å²) in [6, 6.07) is 7.80. The molecule has 0 N–H and O–H groups in total. The molecular formula is C8H5Br2N. The van der Waals surface area contributed by atoms with Crippen LogP contribution in [0.3, 0.4) is 0 Å². The molecule has 0 radical (unpaired) electrons. The summed E-state index contributed by atoms with van der Waals surface area (Å²) >= 11 is 6.61. The first-order valence-corrected chi connectivity index (χ1v) is 4.94. The molecule has 11 heavy (non-hydrogen) atoms. The Labute approximate surface area is 82.3 Å². The zero-order chi connectivity index (χ0) is 8.27. The van der Waals surface area contributed by atoms with Crippen LogP contribution in [0, 0.1) is 11.3 Å². The van der Waals surface area contributed by atoms with Crippen LogP contribution in [0.1, 0.15) is 11.1 Å². The summed E-state index contributed by atoms with van der Waals surface area (Å²) in [6.07, 6.45) is 0. The highest BCUT2D eigenvalue weighted by molar-refractivity contribution is 9.10. The average molecular weight is 275 g/mol. The zero-order valence-corrected chi connectivity index (χ0v) is 8.81. The predicted octanol–water partition coefficient (Wildman–Crippen LogP) is 3.22. The van der Waals surface area contributed by atoms with Crippen molar-refractivity contribution in [1.29, 1.82) is 5.26 Å². The van der Waals surface area contributed by atoms with Crippen molar-refractivity contribution in [3.63, 3.8) is 0 Å². The number of halogens is 2.